The molecular weight excluding hydrogens is 662 g/mol. The van der Waals surface area contributed by atoms with Crippen molar-refractivity contribution in [2.45, 2.75) is 44.2 Å². The maximum Gasteiger partial charge on any atom is 0.264 e. The zero-order valence-electron chi connectivity index (χ0n) is 24.6. The molecule has 2 amide bonds. The average Bonchev–Trinajstić information content (AvgIpc) is 3.02. The van der Waals surface area contributed by atoms with Gasteiger partial charge in [0.1, 0.15) is 12.6 Å². The summed E-state index contributed by atoms with van der Waals surface area (Å²) in [5, 5.41) is 3.12. The monoisotopic (exact) mass is 695 g/mol. The first-order valence-corrected chi connectivity index (χ1v) is 16.9. The van der Waals surface area contributed by atoms with E-state index in [1.54, 1.807) is 36.4 Å². The van der Waals surface area contributed by atoms with E-state index >= 15 is 0 Å². The molecule has 4 aromatic carbocycles. The second-order valence-corrected chi connectivity index (χ2v) is 13.6. The molecule has 4 rings (SSSR count). The molecule has 0 spiro atoms. The minimum absolute atomic E-state index is 0.0248. The molecule has 1 N–H and O–H groups in total. The van der Waals surface area contributed by atoms with Crippen LogP contribution in [0.5, 0.6) is 0 Å². The predicted molar refractivity (Wildman–Crippen MR) is 179 cm³/mol. The van der Waals surface area contributed by atoms with E-state index in [2.05, 4.69) is 21.2 Å². The molecule has 0 saturated heterocycles. The molecule has 0 heterocycles. The van der Waals surface area contributed by atoms with Gasteiger partial charge in [0.15, 0.2) is 0 Å². The van der Waals surface area contributed by atoms with Gasteiger partial charge in [-0.1, -0.05) is 107 Å². The first-order chi connectivity index (χ1) is 21.1. The molecule has 1 atom stereocenters. The van der Waals surface area contributed by atoms with Crippen molar-refractivity contribution in [3.8, 4) is 0 Å². The van der Waals surface area contributed by atoms with Crippen molar-refractivity contribution in [2.75, 3.05) is 17.4 Å². The molecule has 230 valence electrons. The van der Waals surface area contributed by atoms with Crippen LogP contribution in [0.1, 0.15) is 30.0 Å². The number of para-hydroxylation sites is 1. The lowest BCUT2D eigenvalue weighted by atomic mass is 10.0. The molecule has 0 aliphatic rings. The quantitative estimate of drug-likeness (QED) is 0.167. The number of anilines is 1. The summed E-state index contributed by atoms with van der Waals surface area (Å²) in [5.41, 5.74) is 2.72. The van der Waals surface area contributed by atoms with Crippen molar-refractivity contribution in [3.05, 3.63) is 129 Å². The summed E-state index contributed by atoms with van der Waals surface area (Å²) in [6, 6.07) is 28.9. The number of hydrogen-bond acceptors (Lipinski definition) is 4. The molecule has 0 aliphatic carbocycles. The zero-order valence-corrected chi connectivity index (χ0v) is 27.8. The van der Waals surface area contributed by atoms with Crippen LogP contribution in [0.3, 0.4) is 0 Å². The Morgan fingerprint density at radius 2 is 1.50 bits per heavy atom. The Kier molecular flexibility index (Phi) is 11.6. The molecule has 10 heteroatoms. The third kappa shape index (κ3) is 8.49. The standard InChI is InChI=1S/C34H35BrClN3O4S/c1-3-21-37-34(41)32(22-26-9-5-4-6-10-26)38(23-27-15-17-28(35)18-16-27)33(40)24-39(31-12-8-7-11-30(31)36)44(42,43)29-19-13-25(2)14-20-29/h4-20,32H,3,21-24H2,1-2H3,(H,37,41)/t32-/m1/s1. The minimum Gasteiger partial charge on any atom is -0.354 e. The molecule has 0 bridgehead atoms. The number of benzene rings is 4. The third-order valence-electron chi connectivity index (χ3n) is 7.10. The van der Waals surface area contributed by atoms with E-state index in [9.17, 15) is 18.0 Å². The molecule has 0 fully saturated rings. The SMILES string of the molecule is CCCNC(=O)[C@@H](Cc1ccccc1)N(Cc1ccc(Br)cc1)C(=O)CN(c1ccccc1Cl)S(=O)(=O)c1ccc(C)cc1. The van der Waals surface area contributed by atoms with Crippen LogP contribution >= 0.6 is 27.5 Å². The zero-order chi connectivity index (χ0) is 31.7. The van der Waals surface area contributed by atoms with Crippen molar-refractivity contribution in [1.82, 2.24) is 10.2 Å². The van der Waals surface area contributed by atoms with Crippen LogP contribution in [0.4, 0.5) is 5.69 Å². The number of hydrogen-bond donors (Lipinski definition) is 1. The van der Waals surface area contributed by atoms with E-state index < -0.39 is 28.5 Å². The van der Waals surface area contributed by atoms with Crippen molar-refractivity contribution in [2.24, 2.45) is 0 Å². The van der Waals surface area contributed by atoms with Crippen LogP contribution in [0.15, 0.2) is 112 Å². The van der Waals surface area contributed by atoms with Crippen LogP contribution in [-0.2, 0) is 32.6 Å². The number of sulfonamides is 1. The maximum absolute atomic E-state index is 14.4. The molecule has 0 aromatic heterocycles. The molecule has 0 radical (unpaired) electrons. The lowest BCUT2D eigenvalue weighted by Crippen LogP contribution is -2.53. The van der Waals surface area contributed by atoms with Crippen LogP contribution < -0.4 is 9.62 Å². The highest BCUT2D eigenvalue weighted by Crippen LogP contribution is 2.31. The fourth-order valence-electron chi connectivity index (χ4n) is 4.71. The Labute approximate surface area is 273 Å². The summed E-state index contributed by atoms with van der Waals surface area (Å²) >= 11 is 9.97. The fourth-order valence-corrected chi connectivity index (χ4v) is 6.70. The Morgan fingerprint density at radius 3 is 2.14 bits per heavy atom. The molecule has 4 aromatic rings. The predicted octanol–water partition coefficient (Wildman–Crippen LogP) is 6.77. The van der Waals surface area contributed by atoms with Gasteiger partial charge in [0.2, 0.25) is 11.8 Å². The average molecular weight is 697 g/mol. The van der Waals surface area contributed by atoms with Crippen molar-refractivity contribution in [1.29, 1.82) is 0 Å². The molecule has 7 nitrogen and oxygen atoms in total. The largest absolute Gasteiger partial charge is 0.354 e. The van der Waals surface area contributed by atoms with Crippen LogP contribution in [-0.4, -0.2) is 44.3 Å². The van der Waals surface area contributed by atoms with Gasteiger partial charge in [0.25, 0.3) is 10.0 Å². The Hall–Kier alpha value is -3.66. The van der Waals surface area contributed by atoms with Gasteiger partial charge in [-0.15, -0.1) is 0 Å². The summed E-state index contributed by atoms with van der Waals surface area (Å²) in [5.74, 6) is -0.858. The van der Waals surface area contributed by atoms with Crippen molar-refractivity contribution < 1.29 is 18.0 Å². The number of carbonyl (C=O) groups is 2. The van der Waals surface area contributed by atoms with Gasteiger partial charge >= 0.3 is 0 Å². The van der Waals surface area contributed by atoms with Gasteiger partial charge in [-0.25, -0.2) is 8.42 Å². The van der Waals surface area contributed by atoms with Gasteiger partial charge in [0.05, 0.1) is 15.6 Å². The van der Waals surface area contributed by atoms with E-state index in [-0.39, 0.29) is 34.5 Å². The second-order valence-electron chi connectivity index (χ2n) is 10.4. The highest BCUT2D eigenvalue weighted by molar-refractivity contribution is 9.10. The second kappa shape index (κ2) is 15.4. The third-order valence-corrected chi connectivity index (χ3v) is 9.72. The lowest BCUT2D eigenvalue weighted by Gasteiger charge is -2.34. The first-order valence-electron chi connectivity index (χ1n) is 14.3. The van der Waals surface area contributed by atoms with Gasteiger partial charge in [-0.05, 0) is 60.9 Å². The minimum atomic E-state index is -4.22. The smallest absolute Gasteiger partial charge is 0.264 e. The molecule has 0 aliphatic heterocycles. The Morgan fingerprint density at radius 1 is 0.864 bits per heavy atom. The number of halogens is 2. The maximum atomic E-state index is 14.4. The molecular formula is C34H35BrClN3O4S. The van der Waals surface area contributed by atoms with E-state index in [0.717, 1.165) is 31.9 Å². The fraction of sp³-hybridized carbons (Fsp3) is 0.235. The van der Waals surface area contributed by atoms with E-state index in [1.807, 2.05) is 68.4 Å². The number of amides is 2. The highest BCUT2D eigenvalue weighted by Gasteiger charge is 2.35. The topological polar surface area (TPSA) is 86.8 Å². The Bertz CT molecular complexity index is 1670. The molecule has 44 heavy (non-hydrogen) atoms. The Balaban J connectivity index is 1.80. The summed E-state index contributed by atoms with van der Waals surface area (Å²) in [4.78, 5) is 29.6. The summed E-state index contributed by atoms with van der Waals surface area (Å²) < 4.78 is 30.1. The molecule has 0 unspecified atom stereocenters. The van der Waals surface area contributed by atoms with E-state index in [4.69, 9.17) is 11.6 Å². The van der Waals surface area contributed by atoms with E-state index in [0.29, 0.717) is 6.54 Å². The highest BCUT2D eigenvalue weighted by atomic mass is 79.9. The molecule has 0 saturated carbocycles. The number of carbonyl (C=O) groups excluding carboxylic acids is 2. The summed E-state index contributed by atoms with van der Waals surface area (Å²) in [7, 11) is -4.22. The first kappa shape index (κ1) is 33.2. The summed E-state index contributed by atoms with van der Waals surface area (Å²) in [6.45, 7) is 3.78. The van der Waals surface area contributed by atoms with Gasteiger partial charge in [-0.3, -0.25) is 13.9 Å². The number of nitrogens with one attached hydrogen (secondary N) is 1. The lowest BCUT2D eigenvalue weighted by molar-refractivity contribution is -0.140. The van der Waals surface area contributed by atoms with Gasteiger partial charge in [0, 0.05) is 24.0 Å². The van der Waals surface area contributed by atoms with Gasteiger partial charge < -0.3 is 10.2 Å². The number of nitrogens with zero attached hydrogens (tertiary/aromatic N) is 2. The van der Waals surface area contributed by atoms with Gasteiger partial charge in [-0.2, -0.15) is 0 Å². The van der Waals surface area contributed by atoms with Crippen LogP contribution in [0, 0.1) is 6.92 Å². The summed E-state index contributed by atoms with van der Waals surface area (Å²) in [6.07, 6.45) is 0.967. The van der Waals surface area contributed by atoms with Crippen LogP contribution in [0.2, 0.25) is 5.02 Å². The number of rotatable bonds is 13. The van der Waals surface area contributed by atoms with Crippen LogP contribution in [0.25, 0.3) is 0 Å². The van der Waals surface area contributed by atoms with Crippen molar-refractivity contribution >= 4 is 55.1 Å². The number of aryl methyl sites for hydroxylation is 1. The van der Waals surface area contributed by atoms with Crippen molar-refractivity contribution in [3.63, 3.8) is 0 Å². The van der Waals surface area contributed by atoms with E-state index in [1.165, 1.54) is 17.0 Å². The normalized spacial score (nSPS) is 11.9.